The molecule has 8 aromatic carbocycles. The van der Waals surface area contributed by atoms with Gasteiger partial charge < -0.3 is 164 Å². The van der Waals surface area contributed by atoms with Crippen molar-refractivity contribution in [2.24, 2.45) is 0 Å². The Morgan fingerprint density at radius 3 is 0.503 bits per heavy atom. The summed E-state index contributed by atoms with van der Waals surface area (Å²) in [5.74, 6) is 0. The number of nitrogens with zero attached hydrogens (tertiary/aromatic N) is 7. The molecule has 0 atom stereocenters. The molecule has 0 spiro atoms. The molecule has 0 unspecified atom stereocenters. The van der Waals surface area contributed by atoms with Crippen LogP contribution in [0.15, 0.2) is 146 Å². The van der Waals surface area contributed by atoms with E-state index in [1.54, 1.807) is 40.5 Å². The van der Waals surface area contributed by atoms with E-state index in [4.69, 9.17) is 14.2 Å². The highest BCUT2D eigenvalue weighted by Crippen LogP contribution is 2.59. The van der Waals surface area contributed by atoms with Crippen LogP contribution >= 0.6 is 0 Å². The van der Waals surface area contributed by atoms with Crippen LogP contribution in [0, 0.1) is 55.4 Å². The van der Waals surface area contributed by atoms with Crippen LogP contribution in [0.25, 0.3) is 44.5 Å². The van der Waals surface area contributed by atoms with Crippen molar-refractivity contribution in [3.05, 3.63) is 235 Å². The smallest absolute Gasteiger partial charge is 0.0786 e. The largest absolute Gasteiger partial charge is 1.00 e. The van der Waals surface area contributed by atoms with Crippen LogP contribution in [0.3, 0.4) is 0 Å². The zero-order chi connectivity index (χ0) is 104. The molecule has 0 bridgehead atoms. The Balaban J connectivity index is 0.000000663. The Morgan fingerprint density at radius 2 is 0.329 bits per heavy atom. The SMILES string of the molecule is CC[N+](CC)(CC)CCCCCCC1(CCCCCC[N+](CC)(CC)CC)c2cc(C)ccc2-c2ccc(C)cc21.COCCOCCOCCC1(CCCCCC[N+](C)(C)C)c2cc(C)ccc2-c2ccc(C)cc21.Cc1ccc2c(c1)C(CCCCCC[N+](C)(C)C)(CCCCCC[N+](C)(C)C)c1cc(C)ccc1-2.Cc1ccc2c(c1)C(CCCC[N+](C)(C)C)(CCCC[N+](C)(C)C)c1cc(C)ccc1-2.[Br-].[Br-].[Br-].[Br-].[Br-].[Br-].[Br-]. The highest BCUT2D eigenvalue weighted by atomic mass is 79.9. The standard InChI is InChI=1S/C39H66N2.C33H54N2.C31H48NO3.C29H46N2.7BrH/c1-9-40(10-2,11-3)29-21-17-15-19-27-39(28-20-16-18-22-30-41(12-4,13-5)14-6)37-31-33(7)23-25-35(37)36-26-24-34(8)32-38(36)39;1-27-17-19-29-30-20-18-28(2)26-32(30)33(31(29)25-27,21-13-9-11-15-23-34(3,4)5)22-14-10-12-16-24-35(6,7)8;1-25-11-13-27-28-14-12-26(2)24-30(28)31(29(27)23-25,15-9-7-8-10-17-32(3,4)5)16-18-34-21-22-35-20-19-33-6;1-23-13-15-25-26-16-14-24(2)22-28(26)29(27(25)21-23,17-9-11-19-30(3,4)5)18-10-12-20-31(6,7)8;;;;;;;/h23-26,31-32H,9-22,27-30H2,1-8H3;17-20,25-26H,9-16,21-24H2,1-8H3;11-14,23-24H,7-10,15-22H2,1-6H3;13-16,21-22H,9-12,17-20H2,1-8H3;7*1H/q2*+2;+1;+2;;;;;;;/p-7. The van der Waals surface area contributed by atoms with Crippen molar-refractivity contribution in [3.8, 4) is 44.5 Å². The van der Waals surface area contributed by atoms with Gasteiger partial charge in [-0.05, 0) is 327 Å². The van der Waals surface area contributed by atoms with Gasteiger partial charge in [0.2, 0.25) is 0 Å². The maximum atomic E-state index is 6.11. The van der Waals surface area contributed by atoms with Gasteiger partial charge >= 0.3 is 0 Å². The molecule has 17 heteroatoms. The minimum Gasteiger partial charge on any atom is -1.00 e. The van der Waals surface area contributed by atoms with E-state index in [0.717, 1.165) is 35.4 Å². The first kappa shape index (κ1) is 142. The number of ether oxygens (including phenoxy) is 3. The molecule has 0 fully saturated rings. The van der Waals surface area contributed by atoms with Crippen LogP contribution in [0.5, 0.6) is 0 Å². The van der Waals surface area contributed by atoms with Gasteiger partial charge in [0.25, 0.3) is 0 Å². The molecular formula is C132H214Br7N7O3. The predicted octanol–water partition coefficient (Wildman–Crippen LogP) is 9.75. The Bertz CT molecular complexity index is 4850. The van der Waals surface area contributed by atoms with Gasteiger partial charge in [-0.3, -0.25) is 0 Å². The van der Waals surface area contributed by atoms with Gasteiger partial charge in [-0.2, -0.15) is 0 Å². The minimum absolute atomic E-state index is 0. The number of methoxy groups -OCH3 is 1. The first-order chi connectivity index (χ1) is 67.4. The molecule has 0 aliphatic heterocycles. The summed E-state index contributed by atoms with van der Waals surface area (Å²) in [6.45, 7) is 52.3. The van der Waals surface area contributed by atoms with Crippen LogP contribution in [0.1, 0.15) is 336 Å². The molecular weight excluding hydrogens is 2290 g/mol. The van der Waals surface area contributed by atoms with Crippen LogP contribution in [-0.2, 0) is 35.9 Å². The van der Waals surface area contributed by atoms with Gasteiger partial charge in [0, 0.05) is 35.4 Å². The monoisotopic (exact) mass is 2500 g/mol. The lowest BCUT2D eigenvalue weighted by molar-refractivity contribution is -0.923. The molecule has 0 saturated carbocycles. The maximum Gasteiger partial charge on any atom is 0.0786 e. The lowest BCUT2D eigenvalue weighted by Crippen LogP contribution is -3.00. The van der Waals surface area contributed by atoms with Crippen molar-refractivity contribution in [1.29, 1.82) is 0 Å². The second-order valence-corrected chi connectivity index (χ2v) is 50.5. The number of aryl methyl sites for hydroxylation is 8. The lowest BCUT2D eigenvalue weighted by atomic mass is 9.70. The van der Waals surface area contributed by atoms with E-state index in [-0.39, 0.29) is 141 Å². The lowest BCUT2D eigenvalue weighted by Gasteiger charge is -2.36. The normalized spacial score (nSPS) is 13.9. The number of fused-ring (bicyclic) bond motifs is 12. The fourth-order valence-corrected chi connectivity index (χ4v) is 25.1. The van der Waals surface area contributed by atoms with E-state index in [2.05, 4.69) is 348 Å². The molecule has 0 saturated heterocycles. The molecule has 10 nitrogen and oxygen atoms in total. The van der Waals surface area contributed by atoms with Crippen molar-refractivity contribution in [3.63, 3.8) is 0 Å². The third kappa shape index (κ3) is 41.4. The number of hydrogen-bond donors (Lipinski definition) is 0. The molecule has 8 aromatic rings. The van der Waals surface area contributed by atoms with Crippen LogP contribution in [-0.4, -0.2) is 262 Å². The van der Waals surface area contributed by atoms with Crippen molar-refractivity contribution in [2.45, 2.75) is 324 Å². The van der Waals surface area contributed by atoms with Gasteiger partial charge in [0.1, 0.15) is 0 Å². The highest BCUT2D eigenvalue weighted by Gasteiger charge is 2.47. The molecule has 4 aliphatic carbocycles. The van der Waals surface area contributed by atoms with Gasteiger partial charge in [-0.25, -0.2) is 0 Å². The fourth-order valence-electron chi connectivity index (χ4n) is 25.1. The van der Waals surface area contributed by atoms with E-state index >= 15 is 0 Å². The Hall–Kier alpha value is -3.28. The number of unbranched alkanes of at least 4 members (excludes halogenated alkanes) is 17. The highest BCUT2D eigenvalue weighted by molar-refractivity contribution is 5.85. The number of quaternary nitrogens is 7. The summed E-state index contributed by atoms with van der Waals surface area (Å²) in [6.07, 6.45) is 42.0. The summed E-state index contributed by atoms with van der Waals surface area (Å²) in [7, 11) is 36.3. The maximum absolute atomic E-state index is 6.11. The molecule has 0 N–H and O–H groups in total. The average Bonchev–Trinajstić information content (AvgIpc) is 1.58. The second kappa shape index (κ2) is 66.7. The summed E-state index contributed by atoms with van der Waals surface area (Å²) in [4.78, 5) is 0. The number of halogens is 7. The van der Waals surface area contributed by atoms with Crippen molar-refractivity contribution in [2.75, 3.05) is 231 Å². The zero-order valence-electron chi connectivity index (χ0n) is 100. The first-order valence-electron chi connectivity index (χ1n) is 57.6. The molecule has 0 radical (unpaired) electrons. The van der Waals surface area contributed by atoms with Crippen LogP contribution in [0.4, 0.5) is 0 Å². The Morgan fingerprint density at radius 1 is 0.181 bits per heavy atom. The van der Waals surface area contributed by atoms with Gasteiger partial charge in [0.15, 0.2) is 0 Å². The fraction of sp³-hybridized carbons (Fsp3) is 0.636. The Labute approximate surface area is 989 Å². The van der Waals surface area contributed by atoms with Gasteiger partial charge in [0.05, 0.1) is 217 Å². The molecule has 4 aliphatic rings. The minimum atomic E-state index is 0. The van der Waals surface area contributed by atoms with E-state index in [9.17, 15) is 0 Å². The molecule has 0 heterocycles. The van der Waals surface area contributed by atoms with Gasteiger partial charge in [-0.1, -0.05) is 254 Å². The predicted molar refractivity (Wildman–Crippen MR) is 618 cm³/mol. The van der Waals surface area contributed by atoms with Crippen molar-refractivity contribution >= 4 is 0 Å². The zero-order valence-corrected chi connectivity index (χ0v) is 111. The average molecular weight is 2510 g/mol. The number of benzene rings is 8. The van der Waals surface area contributed by atoms with E-state index in [0.29, 0.717) is 26.4 Å². The van der Waals surface area contributed by atoms with E-state index in [1.807, 2.05) is 0 Å². The Kier molecular flexibility index (Phi) is 63.5. The summed E-state index contributed by atoms with van der Waals surface area (Å²) >= 11 is 0. The second-order valence-electron chi connectivity index (χ2n) is 50.5. The van der Waals surface area contributed by atoms with Crippen LogP contribution < -0.4 is 119 Å². The third-order valence-corrected chi connectivity index (χ3v) is 34.1. The van der Waals surface area contributed by atoms with Crippen LogP contribution in [0.2, 0.25) is 0 Å². The quantitative estimate of drug-likeness (QED) is 0.0281. The number of hydrogen-bond acceptors (Lipinski definition) is 3. The summed E-state index contributed by atoms with van der Waals surface area (Å²) < 4.78 is 24.7. The molecule has 12 rings (SSSR count). The van der Waals surface area contributed by atoms with Crippen molar-refractivity contribution in [1.82, 2.24) is 0 Å². The molecule has 844 valence electrons. The molecule has 0 aromatic heterocycles. The van der Waals surface area contributed by atoms with Gasteiger partial charge in [-0.15, -0.1) is 0 Å². The molecule has 0 amide bonds. The molecule has 149 heavy (non-hydrogen) atoms. The third-order valence-electron chi connectivity index (χ3n) is 34.1. The van der Waals surface area contributed by atoms with E-state index < -0.39 is 0 Å². The van der Waals surface area contributed by atoms with Crippen molar-refractivity contribution < 1.29 is 164 Å². The topological polar surface area (TPSA) is 27.7 Å². The summed E-state index contributed by atoms with van der Waals surface area (Å²) in [5, 5.41) is 0. The number of rotatable bonds is 60. The summed E-state index contributed by atoms with van der Waals surface area (Å²) in [5.41, 5.74) is 36.3. The summed E-state index contributed by atoms with van der Waals surface area (Å²) in [6, 6.07) is 57.6. The van der Waals surface area contributed by atoms with E-state index in [1.165, 1.54) is 393 Å². The first-order valence-corrected chi connectivity index (χ1v) is 57.6.